The maximum Gasteiger partial charge on any atom is 0.252 e. The van der Waals surface area contributed by atoms with Gasteiger partial charge in [0.25, 0.3) is 11.8 Å². The van der Waals surface area contributed by atoms with Crippen LogP contribution in [0.1, 0.15) is 34.6 Å². The summed E-state index contributed by atoms with van der Waals surface area (Å²) < 4.78 is 0.524. The summed E-state index contributed by atoms with van der Waals surface area (Å²) >= 11 is 3.20. The van der Waals surface area contributed by atoms with Crippen LogP contribution in [0.2, 0.25) is 0 Å². The van der Waals surface area contributed by atoms with Crippen LogP contribution in [0.4, 0.5) is 0 Å². The molecular formula is C11H13BrN2O2. The molecule has 0 aliphatic carbocycles. The lowest BCUT2D eigenvalue weighted by Crippen LogP contribution is -2.32. The molecule has 86 valence electrons. The molecule has 0 aliphatic heterocycles. The molecule has 0 saturated carbocycles. The summed E-state index contributed by atoms with van der Waals surface area (Å²) in [4.78, 5) is 23.0. The third kappa shape index (κ3) is 2.82. The molecule has 16 heavy (non-hydrogen) atoms. The lowest BCUT2D eigenvalue weighted by Gasteiger charge is -2.11. The van der Waals surface area contributed by atoms with Gasteiger partial charge in [-0.3, -0.25) is 9.59 Å². The fourth-order valence-electron chi connectivity index (χ4n) is 1.30. The van der Waals surface area contributed by atoms with Gasteiger partial charge in [0, 0.05) is 10.5 Å². The molecule has 5 heteroatoms. The predicted molar refractivity (Wildman–Crippen MR) is 65.3 cm³/mol. The van der Waals surface area contributed by atoms with Crippen molar-refractivity contribution in [1.82, 2.24) is 5.32 Å². The first-order valence-corrected chi connectivity index (χ1v) is 5.62. The fraction of sp³-hybridized carbons (Fsp3) is 0.273. The SMILES string of the molecule is CC(C)NC(=O)c1cccc(Br)c1C(N)=O. The van der Waals surface area contributed by atoms with Crippen molar-refractivity contribution in [2.75, 3.05) is 0 Å². The van der Waals surface area contributed by atoms with Crippen LogP contribution in [0.3, 0.4) is 0 Å². The van der Waals surface area contributed by atoms with E-state index in [1.165, 1.54) is 0 Å². The number of benzene rings is 1. The van der Waals surface area contributed by atoms with Gasteiger partial charge in [-0.2, -0.15) is 0 Å². The van der Waals surface area contributed by atoms with Gasteiger partial charge >= 0.3 is 0 Å². The van der Waals surface area contributed by atoms with Crippen molar-refractivity contribution in [2.24, 2.45) is 5.73 Å². The summed E-state index contributed by atoms with van der Waals surface area (Å²) in [5.74, 6) is -0.925. The number of nitrogens with one attached hydrogen (secondary N) is 1. The minimum Gasteiger partial charge on any atom is -0.366 e. The Morgan fingerprint density at radius 1 is 1.38 bits per heavy atom. The van der Waals surface area contributed by atoms with Gasteiger partial charge in [-0.05, 0) is 41.9 Å². The van der Waals surface area contributed by atoms with Gasteiger partial charge in [0.2, 0.25) is 0 Å². The van der Waals surface area contributed by atoms with Gasteiger partial charge in [-0.1, -0.05) is 6.07 Å². The number of rotatable bonds is 3. The van der Waals surface area contributed by atoms with Crippen molar-refractivity contribution in [3.05, 3.63) is 33.8 Å². The topological polar surface area (TPSA) is 72.2 Å². The van der Waals surface area contributed by atoms with Crippen LogP contribution in [0, 0.1) is 0 Å². The van der Waals surface area contributed by atoms with Gasteiger partial charge < -0.3 is 11.1 Å². The fourth-order valence-corrected chi connectivity index (χ4v) is 1.87. The largest absolute Gasteiger partial charge is 0.366 e. The van der Waals surface area contributed by atoms with Crippen molar-refractivity contribution in [1.29, 1.82) is 0 Å². The Balaban J connectivity index is 3.18. The van der Waals surface area contributed by atoms with E-state index in [9.17, 15) is 9.59 Å². The predicted octanol–water partition coefficient (Wildman–Crippen LogP) is 1.69. The van der Waals surface area contributed by atoms with Crippen molar-refractivity contribution >= 4 is 27.7 Å². The summed E-state index contributed by atoms with van der Waals surface area (Å²) in [6.45, 7) is 3.69. The zero-order chi connectivity index (χ0) is 12.3. The summed E-state index contributed by atoms with van der Waals surface area (Å²) in [7, 11) is 0. The smallest absolute Gasteiger partial charge is 0.252 e. The Kier molecular flexibility index (Phi) is 4.06. The lowest BCUT2D eigenvalue weighted by molar-refractivity contribution is 0.0927. The number of hydrogen-bond donors (Lipinski definition) is 2. The Labute approximate surface area is 102 Å². The van der Waals surface area contributed by atoms with E-state index in [2.05, 4.69) is 21.2 Å². The van der Waals surface area contributed by atoms with E-state index in [4.69, 9.17) is 5.73 Å². The standard InChI is InChI=1S/C11H13BrN2O2/c1-6(2)14-11(16)7-4-3-5-8(12)9(7)10(13)15/h3-6H,1-2H3,(H2,13,15)(H,14,16). The Morgan fingerprint density at radius 2 is 2.00 bits per heavy atom. The summed E-state index contributed by atoms with van der Waals surface area (Å²) in [6.07, 6.45) is 0. The highest BCUT2D eigenvalue weighted by molar-refractivity contribution is 9.10. The Bertz CT molecular complexity index is 430. The second-order valence-corrected chi connectivity index (χ2v) is 4.51. The summed E-state index contributed by atoms with van der Waals surface area (Å²) in [5, 5.41) is 2.71. The second kappa shape index (κ2) is 5.12. The molecule has 0 spiro atoms. The molecule has 2 amide bonds. The maximum absolute atomic E-state index is 11.8. The Morgan fingerprint density at radius 3 is 2.50 bits per heavy atom. The quantitative estimate of drug-likeness (QED) is 0.887. The molecule has 0 bridgehead atoms. The number of hydrogen-bond acceptors (Lipinski definition) is 2. The van der Waals surface area contributed by atoms with Crippen LogP contribution in [0.5, 0.6) is 0 Å². The molecule has 0 heterocycles. The average molecular weight is 285 g/mol. The van der Waals surface area contributed by atoms with Gasteiger partial charge in [0.15, 0.2) is 0 Å². The molecule has 0 atom stereocenters. The van der Waals surface area contributed by atoms with Gasteiger partial charge in [-0.15, -0.1) is 0 Å². The molecule has 0 radical (unpaired) electrons. The van der Waals surface area contributed by atoms with Crippen LogP contribution in [-0.4, -0.2) is 17.9 Å². The normalized spacial score (nSPS) is 10.2. The lowest BCUT2D eigenvalue weighted by atomic mass is 10.1. The van der Waals surface area contributed by atoms with E-state index in [0.717, 1.165) is 0 Å². The zero-order valence-corrected chi connectivity index (χ0v) is 10.7. The molecule has 0 fully saturated rings. The van der Waals surface area contributed by atoms with Crippen LogP contribution in [0.15, 0.2) is 22.7 Å². The number of primary amides is 1. The van der Waals surface area contributed by atoms with Crippen molar-refractivity contribution in [2.45, 2.75) is 19.9 Å². The monoisotopic (exact) mass is 284 g/mol. The molecular weight excluding hydrogens is 272 g/mol. The third-order valence-electron chi connectivity index (χ3n) is 1.92. The highest BCUT2D eigenvalue weighted by atomic mass is 79.9. The molecule has 0 unspecified atom stereocenters. The van der Waals surface area contributed by atoms with Crippen LogP contribution < -0.4 is 11.1 Å². The van der Waals surface area contributed by atoms with Crippen molar-refractivity contribution in [3.63, 3.8) is 0 Å². The number of nitrogens with two attached hydrogens (primary N) is 1. The van der Waals surface area contributed by atoms with E-state index in [1.54, 1.807) is 18.2 Å². The van der Waals surface area contributed by atoms with Gasteiger partial charge in [-0.25, -0.2) is 0 Å². The minimum atomic E-state index is -0.624. The minimum absolute atomic E-state index is 0.00667. The Hall–Kier alpha value is -1.36. The molecule has 0 aromatic heterocycles. The molecule has 3 N–H and O–H groups in total. The van der Waals surface area contributed by atoms with Gasteiger partial charge in [0.1, 0.15) is 0 Å². The first kappa shape index (κ1) is 12.7. The van der Waals surface area contributed by atoms with Crippen LogP contribution in [-0.2, 0) is 0 Å². The first-order chi connectivity index (χ1) is 7.43. The molecule has 1 rings (SSSR count). The van der Waals surface area contributed by atoms with E-state index in [-0.39, 0.29) is 23.1 Å². The highest BCUT2D eigenvalue weighted by Crippen LogP contribution is 2.20. The summed E-state index contributed by atoms with van der Waals surface area (Å²) in [6, 6.07) is 4.94. The van der Waals surface area contributed by atoms with Crippen molar-refractivity contribution < 1.29 is 9.59 Å². The molecule has 0 saturated heterocycles. The first-order valence-electron chi connectivity index (χ1n) is 4.82. The van der Waals surface area contributed by atoms with Gasteiger partial charge in [0.05, 0.1) is 11.1 Å². The average Bonchev–Trinajstić information content (AvgIpc) is 2.15. The molecule has 1 aromatic carbocycles. The number of amides is 2. The van der Waals surface area contributed by atoms with Crippen molar-refractivity contribution in [3.8, 4) is 0 Å². The zero-order valence-electron chi connectivity index (χ0n) is 9.08. The second-order valence-electron chi connectivity index (χ2n) is 3.65. The van der Waals surface area contributed by atoms with E-state index in [0.29, 0.717) is 4.47 Å². The highest BCUT2D eigenvalue weighted by Gasteiger charge is 2.18. The third-order valence-corrected chi connectivity index (χ3v) is 2.59. The number of carbonyl (C=O) groups excluding carboxylic acids is 2. The van der Waals surface area contributed by atoms with E-state index >= 15 is 0 Å². The maximum atomic E-state index is 11.8. The molecule has 0 aliphatic rings. The van der Waals surface area contributed by atoms with Crippen LogP contribution >= 0.6 is 15.9 Å². The molecule has 4 nitrogen and oxygen atoms in total. The number of halogens is 1. The summed E-state index contributed by atoms with van der Waals surface area (Å²) in [5.41, 5.74) is 5.73. The van der Waals surface area contributed by atoms with Crippen LogP contribution in [0.25, 0.3) is 0 Å². The van der Waals surface area contributed by atoms with E-state index in [1.807, 2.05) is 13.8 Å². The van der Waals surface area contributed by atoms with E-state index < -0.39 is 5.91 Å². The molecule has 1 aromatic rings. The number of carbonyl (C=O) groups is 2.